The summed E-state index contributed by atoms with van der Waals surface area (Å²) < 4.78 is -0.303. The Labute approximate surface area is 68.2 Å². The lowest BCUT2D eigenvalue weighted by Crippen LogP contribution is -2.29. The van der Waals surface area contributed by atoms with Gasteiger partial charge in [0.1, 0.15) is 0 Å². The molecule has 1 unspecified atom stereocenters. The Bertz CT molecular complexity index is 122. The van der Waals surface area contributed by atoms with E-state index in [4.69, 9.17) is 5.11 Å². The predicted molar refractivity (Wildman–Crippen MR) is 43.1 cm³/mol. The van der Waals surface area contributed by atoms with Crippen molar-refractivity contribution in [1.29, 1.82) is 0 Å². The van der Waals surface area contributed by atoms with E-state index < -0.39 is 11.4 Å². The average molecular weight is 213 g/mol. The quantitative estimate of drug-likeness (QED) is 0.541. The van der Waals surface area contributed by atoms with Crippen LogP contribution in [0.3, 0.4) is 0 Å². The number of carboxylic acid groups (broad SMARTS) is 1. The SMILES string of the molecule is CC(C)(C(=O)O)C(S)Br. The molecule has 0 aliphatic heterocycles. The van der Waals surface area contributed by atoms with Gasteiger partial charge in [-0.1, -0.05) is 15.9 Å². The molecule has 0 aliphatic carbocycles. The predicted octanol–water partition coefficient (Wildman–Crippen LogP) is 1.75. The Balaban J connectivity index is 4.19. The summed E-state index contributed by atoms with van der Waals surface area (Å²) >= 11 is 7.03. The molecule has 0 rings (SSSR count). The van der Waals surface area contributed by atoms with Crippen LogP contribution in [0.5, 0.6) is 0 Å². The summed E-state index contributed by atoms with van der Waals surface area (Å²) in [5.74, 6) is -0.848. The van der Waals surface area contributed by atoms with Crippen LogP contribution in [-0.4, -0.2) is 15.2 Å². The number of hydrogen-bond donors (Lipinski definition) is 2. The highest BCUT2D eigenvalue weighted by atomic mass is 79.9. The van der Waals surface area contributed by atoms with Gasteiger partial charge in [0.15, 0.2) is 0 Å². The second kappa shape index (κ2) is 2.92. The van der Waals surface area contributed by atoms with Crippen LogP contribution >= 0.6 is 28.6 Å². The first-order chi connectivity index (χ1) is 3.89. The number of hydrogen-bond acceptors (Lipinski definition) is 2. The summed E-state index contributed by atoms with van der Waals surface area (Å²) in [4.78, 5) is 10.4. The first-order valence-corrected chi connectivity index (χ1v) is 3.87. The molecule has 0 saturated carbocycles. The molecule has 9 heavy (non-hydrogen) atoms. The lowest BCUT2D eigenvalue weighted by atomic mass is 9.97. The fourth-order valence-electron chi connectivity index (χ4n) is 0.102. The first kappa shape index (κ1) is 9.30. The van der Waals surface area contributed by atoms with Crippen molar-refractivity contribution in [2.75, 3.05) is 0 Å². The zero-order chi connectivity index (χ0) is 7.65. The van der Waals surface area contributed by atoms with Crippen LogP contribution in [0.1, 0.15) is 13.8 Å². The van der Waals surface area contributed by atoms with Gasteiger partial charge in [0.2, 0.25) is 0 Å². The molecule has 0 aromatic carbocycles. The Morgan fingerprint density at radius 3 is 2.11 bits per heavy atom. The van der Waals surface area contributed by atoms with Gasteiger partial charge < -0.3 is 5.11 Å². The number of thiol groups is 1. The van der Waals surface area contributed by atoms with Crippen LogP contribution in [-0.2, 0) is 4.79 Å². The van der Waals surface area contributed by atoms with Crippen molar-refractivity contribution >= 4 is 34.5 Å². The van der Waals surface area contributed by atoms with Crippen molar-refractivity contribution in [1.82, 2.24) is 0 Å². The van der Waals surface area contributed by atoms with E-state index >= 15 is 0 Å². The zero-order valence-electron chi connectivity index (χ0n) is 5.26. The van der Waals surface area contributed by atoms with E-state index in [0.717, 1.165) is 0 Å². The van der Waals surface area contributed by atoms with Gasteiger partial charge in [-0.15, -0.1) is 0 Å². The maximum absolute atomic E-state index is 10.4. The number of aliphatic carboxylic acids is 1. The van der Waals surface area contributed by atoms with Crippen molar-refractivity contribution in [2.45, 2.75) is 18.0 Å². The molecule has 0 spiro atoms. The third-order valence-electron chi connectivity index (χ3n) is 1.15. The van der Waals surface area contributed by atoms with Gasteiger partial charge in [-0.05, 0) is 13.8 Å². The van der Waals surface area contributed by atoms with Crippen molar-refractivity contribution in [2.24, 2.45) is 5.41 Å². The summed E-state index contributed by atoms with van der Waals surface area (Å²) in [5, 5.41) is 8.53. The number of carboxylic acids is 1. The van der Waals surface area contributed by atoms with Crippen LogP contribution in [0.15, 0.2) is 0 Å². The summed E-state index contributed by atoms with van der Waals surface area (Å²) in [7, 11) is 0. The molecule has 0 amide bonds. The number of halogens is 1. The molecule has 1 atom stereocenters. The van der Waals surface area contributed by atoms with Crippen molar-refractivity contribution < 1.29 is 9.90 Å². The molecule has 0 bridgehead atoms. The van der Waals surface area contributed by atoms with E-state index in [2.05, 4.69) is 28.6 Å². The summed E-state index contributed by atoms with van der Waals surface area (Å²) in [6.07, 6.45) is 0. The van der Waals surface area contributed by atoms with Gasteiger partial charge in [0.05, 0.1) is 9.57 Å². The van der Waals surface area contributed by atoms with Gasteiger partial charge in [-0.2, -0.15) is 12.6 Å². The van der Waals surface area contributed by atoms with Crippen LogP contribution in [0.25, 0.3) is 0 Å². The molecule has 0 fully saturated rings. The molecule has 0 radical (unpaired) electrons. The molecule has 1 N–H and O–H groups in total. The zero-order valence-corrected chi connectivity index (χ0v) is 7.74. The second-order valence-corrected chi connectivity index (χ2v) is 4.50. The second-order valence-electron chi connectivity index (χ2n) is 2.36. The van der Waals surface area contributed by atoms with E-state index in [0.29, 0.717) is 0 Å². The van der Waals surface area contributed by atoms with E-state index in [1.165, 1.54) is 0 Å². The molecule has 2 nitrogen and oxygen atoms in total. The van der Waals surface area contributed by atoms with Crippen molar-refractivity contribution in [3.05, 3.63) is 0 Å². The van der Waals surface area contributed by atoms with Crippen LogP contribution < -0.4 is 0 Å². The molecular weight excluding hydrogens is 204 g/mol. The molecular formula is C5H9BrO2S. The Kier molecular flexibility index (Phi) is 3.02. The highest BCUT2D eigenvalue weighted by Gasteiger charge is 2.32. The van der Waals surface area contributed by atoms with Crippen molar-refractivity contribution in [3.8, 4) is 0 Å². The number of carbonyl (C=O) groups is 1. The van der Waals surface area contributed by atoms with E-state index in [9.17, 15) is 4.79 Å². The summed E-state index contributed by atoms with van der Waals surface area (Å²) in [6, 6.07) is 0. The number of alkyl halides is 1. The van der Waals surface area contributed by atoms with E-state index in [1.54, 1.807) is 13.8 Å². The third kappa shape index (κ3) is 2.18. The Morgan fingerprint density at radius 2 is 2.11 bits per heavy atom. The largest absolute Gasteiger partial charge is 0.481 e. The van der Waals surface area contributed by atoms with Gasteiger partial charge in [0, 0.05) is 0 Å². The van der Waals surface area contributed by atoms with Gasteiger partial charge in [-0.25, -0.2) is 0 Å². The van der Waals surface area contributed by atoms with Crippen LogP contribution in [0, 0.1) is 5.41 Å². The minimum absolute atomic E-state index is 0.303. The minimum atomic E-state index is -0.848. The maximum atomic E-state index is 10.4. The topological polar surface area (TPSA) is 37.3 Å². The van der Waals surface area contributed by atoms with Crippen molar-refractivity contribution in [3.63, 3.8) is 0 Å². The normalized spacial score (nSPS) is 15.1. The Morgan fingerprint density at radius 1 is 1.78 bits per heavy atom. The smallest absolute Gasteiger partial charge is 0.311 e. The monoisotopic (exact) mass is 212 g/mol. The summed E-state index contributed by atoms with van der Waals surface area (Å²) in [5.41, 5.74) is -0.802. The summed E-state index contributed by atoms with van der Waals surface area (Å²) in [6.45, 7) is 3.23. The average Bonchev–Trinajstić information content (AvgIpc) is 1.65. The molecule has 0 aliphatic rings. The standard InChI is InChI=1S/C5H9BrO2S/c1-5(2,3(6)9)4(7)8/h3,9H,1-2H3,(H,7,8). The van der Waals surface area contributed by atoms with Crippen LogP contribution in [0.4, 0.5) is 0 Å². The lowest BCUT2D eigenvalue weighted by Gasteiger charge is -2.20. The molecule has 4 heteroatoms. The maximum Gasteiger partial charge on any atom is 0.311 e. The molecule has 0 saturated heterocycles. The van der Waals surface area contributed by atoms with Crippen LogP contribution in [0.2, 0.25) is 0 Å². The fraction of sp³-hybridized carbons (Fsp3) is 0.800. The highest BCUT2D eigenvalue weighted by Crippen LogP contribution is 2.29. The highest BCUT2D eigenvalue weighted by molar-refractivity contribution is 9.11. The van der Waals surface area contributed by atoms with Gasteiger partial charge >= 0.3 is 5.97 Å². The Hall–Kier alpha value is 0.300. The minimum Gasteiger partial charge on any atom is -0.481 e. The fourth-order valence-corrected chi connectivity index (χ4v) is 0.408. The van der Waals surface area contributed by atoms with E-state index in [1.807, 2.05) is 0 Å². The number of rotatable bonds is 2. The third-order valence-corrected chi connectivity index (χ3v) is 2.94. The molecule has 54 valence electrons. The first-order valence-electron chi connectivity index (χ1n) is 2.44. The molecule has 0 aromatic heterocycles. The van der Waals surface area contributed by atoms with Gasteiger partial charge in [0.25, 0.3) is 0 Å². The molecule has 0 heterocycles. The lowest BCUT2D eigenvalue weighted by molar-refractivity contribution is -0.145. The molecule has 0 aromatic rings. The van der Waals surface area contributed by atoms with Gasteiger partial charge in [-0.3, -0.25) is 4.79 Å². The van der Waals surface area contributed by atoms with E-state index in [-0.39, 0.29) is 4.16 Å².